The lowest BCUT2D eigenvalue weighted by Crippen LogP contribution is -2.39. The van der Waals surface area contributed by atoms with Gasteiger partial charge in [-0.3, -0.25) is 9.48 Å². The highest BCUT2D eigenvalue weighted by Crippen LogP contribution is 2.27. The van der Waals surface area contributed by atoms with E-state index in [0.717, 1.165) is 54.8 Å². The smallest absolute Gasteiger partial charge is 0.274 e. The average Bonchev–Trinajstić information content (AvgIpc) is 3.10. The fourth-order valence-electron chi connectivity index (χ4n) is 4.20. The van der Waals surface area contributed by atoms with Gasteiger partial charge in [0, 0.05) is 54.5 Å². The Morgan fingerprint density at radius 1 is 1.27 bits per heavy atom. The molecule has 1 saturated heterocycles. The van der Waals surface area contributed by atoms with Crippen molar-refractivity contribution in [1.82, 2.24) is 20.0 Å². The van der Waals surface area contributed by atoms with E-state index in [-0.39, 0.29) is 11.9 Å². The van der Waals surface area contributed by atoms with Crippen LogP contribution < -0.4 is 5.32 Å². The molecule has 0 unspecified atom stereocenters. The van der Waals surface area contributed by atoms with Crippen LogP contribution in [0.5, 0.6) is 0 Å². The number of nitrogens with zero attached hydrogens (tertiary/aromatic N) is 3. The van der Waals surface area contributed by atoms with Gasteiger partial charge in [0.15, 0.2) is 5.69 Å². The van der Waals surface area contributed by atoms with E-state index in [1.54, 1.807) is 6.08 Å². The van der Waals surface area contributed by atoms with Gasteiger partial charge in [-0.05, 0) is 37.0 Å². The van der Waals surface area contributed by atoms with Crippen molar-refractivity contribution < 1.29 is 13.6 Å². The Labute approximate surface area is 179 Å². The lowest BCUT2D eigenvalue weighted by Gasteiger charge is -2.27. The van der Waals surface area contributed by atoms with Crippen LogP contribution in [0.2, 0.25) is 0 Å². The number of nitrogens with one attached hydrogen (secondary N) is 1. The number of benzene rings is 1. The third-order valence-electron chi connectivity index (χ3n) is 5.67. The van der Waals surface area contributed by atoms with Crippen LogP contribution in [0.1, 0.15) is 33.7 Å². The minimum absolute atomic E-state index is 0.00205. The molecule has 160 valence electrons. The second-order valence-corrected chi connectivity index (χ2v) is 8.97. The Morgan fingerprint density at radius 2 is 2.00 bits per heavy atom. The minimum atomic E-state index is -0.573. The van der Waals surface area contributed by atoms with Crippen LogP contribution in [-0.2, 0) is 25.9 Å². The Morgan fingerprint density at radius 3 is 2.70 bits per heavy atom. The van der Waals surface area contributed by atoms with Gasteiger partial charge in [-0.1, -0.05) is 6.08 Å². The van der Waals surface area contributed by atoms with Crippen LogP contribution in [0, 0.1) is 11.6 Å². The van der Waals surface area contributed by atoms with Gasteiger partial charge in [-0.2, -0.15) is 16.9 Å². The second kappa shape index (κ2) is 9.31. The van der Waals surface area contributed by atoms with Crippen molar-refractivity contribution in [3.63, 3.8) is 0 Å². The Hall–Kier alpha value is -2.19. The first-order valence-corrected chi connectivity index (χ1v) is 11.5. The van der Waals surface area contributed by atoms with Crippen molar-refractivity contribution in [2.75, 3.05) is 24.6 Å². The number of hydrogen-bond acceptors (Lipinski definition) is 4. The number of carbonyl (C=O) groups excluding carboxylic acids is 1. The fraction of sp³-hybridized carbons (Fsp3) is 0.455. The lowest BCUT2D eigenvalue weighted by atomic mass is 9.91. The molecule has 4 rings (SSSR count). The monoisotopic (exact) mass is 432 g/mol. The van der Waals surface area contributed by atoms with E-state index in [2.05, 4.69) is 17.0 Å². The summed E-state index contributed by atoms with van der Waals surface area (Å²) < 4.78 is 28.8. The van der Waals surface area contributed by atoms with Crippen molar-refractivity contribution in [2.45, 2.75) is 38.4 Å². The van der Waals surface area contributed by atoms with Crippen molar-refractivity contribution in [3.05, 3.63) is 65.0 Å². The molecule has 1 N–H and O–H groups in total. The molecule has 0 saturated carbocycles. The molecule has 1 amide bonds. The van der Waals surface area contributed by atoms with Crippen LogP contribution in [0.3, 0.4) is 0 Å². The van der Waals surface area contributed by atoms with Crippen LogP contribution in [-0.4, -0.2) is 51.2 Å². The molecule has 1 aromatic carbocycles. The number of fused-ring (bicyclic) bond motifs is 1. The summed E-state index contributed by atoms with van der Waals surface area (Å²) in [6, 6.07) is 3.68. The molecular formula is C22H26F2N4OS. The molecule has 1 fully saturated rings. The molecule has 1 aliphatic carbocycles. The summed E-state index contributed by atoms with van der Waals surface area (Å²) in [7, 11) is 0. The number of allylic oxidation sites excluding steroid dienone is 1. The predicted molar refractivity (Wildman–Crippen MR) is 115 cm³/mol. The van der Waals surface area contributed by atoms with Gasteiger partial charge in [-0.25, -0.2) is 8.78 Å². The fourth-order valence-corrected chi connectivity index (χ4v) is 5.10. The SMILES string of the molecule is C=CCn1nc(C(=O)N2CCSCC2)c2c1CC[C@@H](NCc1cc(F)cc(F)c1)C2. The normalized spacial score (nSPS) is 18.9. The van der Waals surface area contributed by atoms with E-state index in [1.807, 2.05) is 21.3 Å². The van der Waals surface area contributed by atoms with Crippen LogP contribution in [0.15, 0.2) is 30.9 Å². The maximum absolute atomic E-state index is 13.5. The third-order valence-corrected chi connectivity index (χ3v) is 6.61. The van der Waals surface area contributed by atoms with Crippen LogP contribution in [0.25, 0.3) is 0 Å². The van der Waals surface area contributed by atoms with Crippen molar-refractivity contribution in [2.24, 2.45) is 0 Å². The number of carbonyl (C=O) groups is 1. The van der Waals surface area contributed by atoms with E-state index in [9.17, 15) is 13.6 Å². The van der Waals surface area contributed by atoms with Crippen molar-refractivity contribution in [3.8, 4) is 0 Å². The first-order chi connectivity index (χ1) is 14.5. The van der Waals surface area contributed by atoms with Gasteiger partial charge < -0.3 is 10.2 Å². The average molecular weight is 433 g/mol. The minimum Gasteiger partial charge on any atom is -0.336 e. The van der Waals surface area contributed by atoms with E-state index < -0.39 is 11.6 Å². The zero-order valence-electron chi connectivity index (χ0n) is 16.9. The first-order valence-electron chi connectivity index (χ1n) is 10.3. The molecular weight excluding hydrogens is 406 g/mol. The molecule has 1 aromatic heterocycles. The Bertz CT molecular complexity index is 919. The molecule has 2 heterocycles. The number of amides is 1. The van der Waals surface area contributed by atoms with Gasteiger partial charge in [0.05, 0.1) is 6.54 Å². The Kier molecular flexibility index (Phi) is 6.53. The molecule has 30 heavy (non-hydrogen) atoms. The number of aromatic nitrogens is 2. The molecule has 0 bridgehead atoms. The summed E-state index contributed by atoms with van der Waals surface area (Å²) in [4.78, 5) is 15.1. The lowest BCUT2D eigenvalue weighted by molar-refractivity contribution is 0.0764. The molecule has 1 atom stereocenters. The first kappa shape index (κ1) is 21.1. The quantitative estimate of drug-likeness (QED) is 0.713. The van der Waals surface area contributed by atoms with E-state index in [0.29, 0.717) is 30.8 Å². The molecule has 0 radical (unpaired) electrons. The molecule has 1 aliphatic heterocycles. The van der Waals surface area contributed by atoms with Gasteiger partial charge in [0.1, 0.15) is 11.6 Å². The van der Waals surface area contributed by atoms with Crippen LogP contribution in [0.4, 0.5) is 8.78 Å². The highest BCUT2D eigenvalue weighted by molar-refractivity contribution is 7.99. The van der Waals surface area contributed by atoms with Crippen molar-refractivity contribution in [1.29, 1.82) is 0 Å². The van der Waals surface area contributed by atoms with Gasteiger partial charge >= 0.3 is 0 Å². The van der Waals surface area contributed by atoms with E-state index in [1.165, 1.54) is 12.1 Å². The zero-order chi connectivity index (χ0) is 21.1. The van der Waals surface area contributed by atoms with Gasteiger partial charge in [0.2, 0.25) is 0 Å². The second-order valence-electron chi connectivity index (χ2n) is 7.75. The summed E-state index contributed by atoms with van der Waals surface area (Å²) in [5, 5.41) is 8.05. The predicted octanol–water partition coefficient (Wildman–Crippen LogP) is 3.18. The maximum Gasteiger partial charge on any atom is 0.274 e. The number of halogens is 2. The highest BCUT2D eigenvalue weighted by Gasteiger charge is 2.31. The highest BCUT2D eigenvalue weighted by atomic mass is 32.2. The molecule has 0 spiro atoms. The molecule has 2 aliphatic rings. The van der Waals surface area contributed by atoms with E-state index >= 15 is 0 Å². The maximum atomic E-state index is 13.5. The molecule has 8 heteroatoms. The zero-order valence-corrected chi connectivity index (χ0v) is 17.7. The van der Waals surface area contributed by atoms with Crippen LogP contribution >= 0.6 is 11.8 Å². The third kappa shape index (κ3) is 4.59. The summed E-state index contributed by atoms with van der Waals surface area (Å²) in [6.07, 6.45) is 4.14. The summed E-state index contributed by atoms with van der Waals surface area (Å²) in [5.74, 6) is 0.764. The molecule has 2 aromatic rings. The van der Waals surface area contributed by atoms with Crippen molar-refractivity contribution >= 4 is 17.7 Å². The summed E-state index contributed by atoms with van der Waals surface area (Å²) in [6.45, 7) is 6.26. The number of thioether (sulfide) groups is 1. The van der Waals surface area contributed by atoms with Gasteiger partial charge in [-0.15, -0.1) is 6.58 Å². The topological polar surface area (TPSA) is 50.2 Å². The number of hydrogen-bond donors (Lipinski definition) is 1. The number of rotatable bonds is 6. The standard InChI is InChI=1S/C22H26F2N4OS/c1-2-5-28-20-4-3-18(25-14-15-10-16(23)12-17(24)11-15)13-19(20)21(26-28)22(29)27-6-8-30-9-7-27/h2,10-12,18,25H,1,3-9,13-14H2/t18-/m1/s1. The summed E-state index contributed by atoms with van der Waals surface area (Å²) >= 11 is 1.86. The largest absolute Gasteiger partial charge is 0.336 e. The van der Waals surface area contributed by atoms with E-state index in [4.69, 9.17) is 0 Å². The summed E-state index contributed by atoms with van der Waals surface area (Å²) in [5.41, 5.74) is 3.21. The Balaban J connectivity index is 1.52. The van der Waals surface area contributed by atoms with Gasteiger partial charge in [0.25, 0.3) is 5.91 Å². The molecule has 5 nitrogen and oxygen atoms in total.